The monoisotopic (exact) mass is 450 g/mol. The molecule has 3 heteroatoms. The van der Waals surface area contributed by atoms with E-state index in [2.05, 4.69) is 38.1 Å². The van der Waals surface area contributed by atoms with Crippen molar-refractivity contribution in [1.82, 2.24) is 0 Å². The Morgan fingerprint density at radius 3 is 1.79 bits per heavy atom. The fraction of sp³-hybridized carbons (Fsp3) is 0.400. The van der Waals surface area contributed by atoms with Gasteiger partial charge in [-0.1, -0.05) is 107 Å². The van der Waals surface area contributed by atoms with Gasteiger partial charge in [0.25, 0.3) is 0 Å². The number of hydrogen-bond acceptors (Lipinski definition) is 1. The SMILES string of the molecule is CCCCCCCCCOc1ccc(-c2ccc(-c3ccc(CCC)cc3)cc2)c(F)c1F. The standard InChI is InChI=1S/C30H36F2O/c1-3-5-6-7-8-9-10-22-33-28-21-20-27(29(31)30(28)32)26-18-16-25(17-19-26)24-14-12-23(11-4-2)13-15-24/h12-21H,3-11,22H2,1-2H3. The highest BCUT2D eigenvalue weighted by Gasteiger charge is 2.16. The Bertz CT molecular complexity index is 977. The van der Waals surface area contributed by atoms with E-state index in [1.54, 1.807) is 6.07 Å². The second kappa shape index (κ2) is 13.1. The lowest BCUT2D eigenvalue weighted by molar-refractivity contribution is 0.285. The molecule has 0 aliphatic heterocycles. The Morgan fingerprint density at radius 2 is 1.15 bits per heavy atom. The summed E-state index contributed by atoms with van der Waals surface area (Å²) >= 11 is 0. The van der Waals surface area contributed by atoms with Gasteiger partial charge in [0, 0.05) is 5.56 Å². The Balaban J connectivity index is 1.59. The van der Waals surface area contributed by atoms with Gasteiger partial charge in [-0.05, 0) is 47.2 Å². The molecule has 0 atom stereocenters. The van der Waals surface area contributed by atoms with Crippen LogP contribution in [0.5, 0.6) is 5.75 Å². The van der Waals surface area contributed by atoms with Crippen LogP contribution in [-0.4, -0.2) is 6.61 Å². The minimum absolute atomic E-state index is 0.00831. The summed E-state index contributed by atoms with van der Waals surface area (Å²) in [6, 6.07) is 19.2. The quantitative estimate of drug-likeness (QED) is 0.236. The molecule has 0 radical (unpaired) electrons. The van der Waals surface area contributed by atoms with E-state index < -0.39 is 11.6 Å². The molecular formula is C30H36F2O. The minimum Gasteiger partial charge on any atom is -0.490 e. The second-order valence-electron chi connectivity index (χ2n) is 8.73. The number of halogens is 2. The third-order valence-corrected chi connectivity index (χ3v) is 6.07. The maximum Gasteiger partial charge on any atom is 0.201 e. The van der Waals surface area contributed by atoms with Crippen LogP contribution in [0.4, 0.5) is 8.78 Å². The molecule has 0 fully saturated rings. The predicted octanol–water partition coefficient (Wildman–Crippen LogP) is 9.38. The van der Waals surface area contributed by atoms with Gasteiger partial charge in [0.05, 0.1) is 6.61 Å². The van der Waals surface area contributed by atoms with Gasteiger partial charge in [0.2, 0.25) is 5.82 Å². The van der Waals surface area contributed by atoms with Gasteiger partial charge in [0.15, 0.2) is 11.6 Å². The highest BCUT2D eigenvalue weighted by atomic mass is 19.2. The summed E-state index contributed by atoms with van der Waals surface area (Å²) in [5.74, 6) is -1.78. The third-order valence-electron chi connectivity index (χ3n) is 6.07. The maximum atomic E-state index is 14.8. The molecule has 0 aromatic heterocycles. The van der Waals surface area contributed by atoms with Gasteiger partial charge in [-0.3, -0.25) is 0 Å². The lowest BCUT2D eigenvalue weighted by Gasteiger charge is -2.11. The van der Waals surface area contributed by atoms with Crippen LogP contribution in [0, 0.1) is 11.6 Å². The number of rotatable bonds is 13. The van der Waals surface area contributed by atoms with E-state index in [1.165, 1.54) is 37.3 Å². The summed E-state index contributed by atoms with van der Waals surface area (Å²) in [6.45, 7) is 4.79. The molecule has 0 heterocycles. The van der Waals surface area contributed by atoms with Crippen molar-refractivity contribution in [3.8, 4) is 28.0 Å². The van der Waals surface area contributed by atoms with Crippen LogP contribution in [0.2, 0.25) is 0 Å². The largest absolute Gasteiger partial charge is 0.490 e. The summed E-state index contributed by atoms with van der Waals surface area (Å²) in [7, 11) is 0. The van der Waals surface area contributed by atoms with E-state index in [0.29, 0.717) is 12.2 Å². The zero-order chi connectivity index (χ0) is 23.5. The predicted molar refractivity (Wildman–Crippen MR) is 135 cm³/mol. The zero-order valence-electron chi connectivity index (χ0n) is 20.0. The third kappa shape index (κ3) is 7.15. The average molecular weight is 451 g/mol. The molecule has 0 aliphatic carbocycles. The van der Waals surface area contributed by atoms with Crippen molar-refractivity contribution in [3.63, 3.8) is 0 Å². The number of hydrogen-bond donors (Lipinski definition) is 0. The van der Waals surface area contributed by atoms with Crippen LogP contribution in [0.1, 0.15) is 70.8 Å². The summed E-state index contributed by atoms with van der Waals surface area (Å²) in [5, 5.41) is 0. The fourth-order valence-electron chi connectivity index (χ4n) is 4.10. The molecule has 3 aromatic carbocycles. The molecule has 33 heavy (non-hydrogen) atoms. The molecule has 0 amide bonds. The number of aryl methyl sites for hydroxylation is 1. The summed E-state index contributed by atoms with van der Waals surface area (Å²) in [5.41, 5.74) is 4.39. The van der Waals surface area contributed by atoms with Gasteiger partial charge in [-0.15, -0.1) is 0 Å². The molecule has 0 spiro atoms. The fourth-order valence-corrected chi connectivity index (χ4v) is 4.10. The average Bonchev–Trinajstić information content (AvgIpc) is 2.84. The molecule has 0 N–H and O–H groups in total. The molecule has 3 rings (SSSR count). The maximum absolute atomic E-state index is 14.8. The highest BCUT2D eigenvalue weighted by Crippen LogP contribution is 2.31. The van der Waals surface area contributed by atoms with E-state index in [1.807, 2.05) is 24.3 Å². The molecule has 0 unspecified atom stereocenters. The Morgan fingerprint density at radius 1 is 0.576 bits per heavy atom. The van der Waals surface area contributed by atoms with Crippen LogP contribution in [0.3, 0.4) is 0 Å². The molecule has 0 saturated heterocycles. The normalized spacial score (nSPS) is 11.0. The van der Waals surface area contributed by atoms with Crippen molar-refractivity contribution in [2.75, 3.05) is 6.61 Å². The smallest absolute Gasteiger partial charge is 0.201 e. The Kier molecular flexibility index (Phi) is 9.93. The van der Waals surface area contributed by atoms with Crippen LogP contribution >= 0.6 is 0 Å². The highest BCUT2D eigenvalue weighted by molar-refractivity contribution is 5.71. The van der Waals surface area contributed by atoms with Crippen molar-refractivity contribution >= 4 is 0 Å². The van der Waals surface area contributed by atoms with E-state index >= 15 is 0 Å². The first kappa shape index (κ1) is 25.0. The topological polar surface area (TPSA) is 9.23 Å². The van der Waals surface area contributed by atoms with E-state index in [0.717, 1.165) is 43.2 Å². The molecular weight excluding hydrogens is 414 g/mol. The lowest BCUT2D eigenvalue weighted by atomic mass is 9.98. The molecule has 0 bridgehead atoms. The van der Waals surface area contributed by atoms with Crippen LogP contribution in [0.25, 0.3) is 22.3 Å². The minimum atomic E-state index is -0.911. The van der Waals surface area contributed by atoms with Crippen LogP contribution in [-0.2, 0) is 6.42 Å². The Hall–Kier alpha value is -2.68. The van der Waals surface area contributed by atoms with Crippen LogP contribution < -0.4 is 4.74 Å². The summed E-state index contributed by atoms with van der Waals surface area (Å²) < 4.78 is 34.9. The van der Waals surface area contributed by atoms with Gasteiger partial charge < -0.3 is 4.74 Å². The van der Waals surface area contributed by atoms with Gasteiger partial charge >= 0.3 is 0 Å². The first-order valence-corrected chi connectivity index (χ1v) is 12.4. The van der Waals surface area contributed by atoms with Crippen LogP contribution in [0.15, 0.2) is 60.7 Å². The van der Waals surface area contributed by atoms with Crippen molar-refractivity contribution < 1.29 is 13.5 Å². The first-order chi connectivity index (χ1) is 16.1. The van der Waals surface area contributed by atoms with Crippen molar-refractivity contribution in [1.29, 1.82) is 0 Å². The van der Waals surface area contributed by atoms with Crippen molar-refractivity contribution in [2.24, 2.45) is 0 Å². The van der Waals surface area contributed by atoms with Gasteiger partial charge in [0.1, 0.15) is 0 Å². The second-order valence-corrected chi connectivity index (χ2v) is 8.73. The molecule has 0 saturated carbocycles. The zero-order valence-corrected chi connectivity index (χ0v) is 20.0. The summed E-state index contributed by atoms with van der Waals surface area (Å²) in [4.78, 5) is 0. The number of ether oxygens (including phenoxy) is 1. The molecule has 1 nitrogen and oxygen atoms in total. The Labute approximate surface area is 197 Å². The molecule has 3 aromatic rings. The molecule has 0 aliphatic rings. The van der Waals surface area contributed by atoms with E-state index in [4.69, 9.17) is 4.74 Å². The summed E-state index contributed by atoms with van der Waals surface area (Å²) in [6.07, 6.45) is 10.3. The van der Waals surface area contributed by atoms with E-state index in [-0.39, 0.29) is 11.3 Å². The van der Waals surface area contributed by atoms with Gasteiger partial charge in [-0.2, -0.15) is 4.39 Å². The van der Waals surface area contributed by atoms with Gasteiger partial charge in [-0.25, -0.2) is 4.39 Å². The lowest BCUT2D eigenvalue weighted by Crippen LogP contribution is -2.01. The number of benzene rings is 3. The van der Waals surface area contributed by atoms with E-state index in [9.17, 15) is 8.78 Å². The van der Waals surface area contributed by atoms with Crippen molar-refractivity contribution in [2.45, 2.75) is 71.6 Å². The number of unbranched alkanes of at least 4 members (excludes halogenated alkanes) is 6. The molecule has 176 valence electrons. The first-order valence-electron chi connectivity index (χ1n) is 12.4. The van der Waals surface area contributed by atoms with Crippen molar-refractivity contribution in [3.05, 3.63) is 77.9 Å².